The fourth-order valence-electron chi connectivity index (χ4n) is 1.59. The van der Waals surface area contributed by atoms with Crippen LogP contribution in [0.5, 0.6) is 0 Å². The van der Waals surface area contributed by atoms with Gasteiger partial charge in [0, 0.05) is 23.7 Å². The van der Waals surface area contributed by atoms with Gasteiger partial charge in [0.05, 0.1) is 6.04 Å². The minimum Gasteiger partial charge on any atom is -0.346 e. The SMILES string of the molecule is CC(NCCC(=O)Nc1ccc(Cl)cc1)C(=O)NCC(F)(F)F. The number of hydrogen-bond donors (Lipinski definition) is 3. The van der Waals surface area contributed by atoms with Crippen LogP contribution in [0, 0.1) is 0 Å². The van der Waals surface area contributed by atoms with Gasteiger partial charge in [0.2, 0.25) is 11.8 Å². The lowest BCUT2D eigenvalue weighted by atomic mass is 10.2. The highest BCUT2D eigenvalue weighted by atomic mass is 35.5. The Morgan fingerprint density at radius 3 is 2.39 bits per heavy atom. The molecule has 0 radical (unpaired) electrons. The second kappa shape index (κ2) is 8.73. The number of halogens is 4. The molecule has 0 aliphatic rings. The van der Waals surface area contributed by atoms with Crippen LogP contribution in [0.1, 0.15) is 13.3 Å². The molecule has 1 rings (SSSR count). The van der Waals surface area contributed by atoms with Crippen LogP contribution in [-0.4, -0.2) is 37.1 Å². The number of anilines is 1. The maximum Gasteiger partial charge on any atom is 0.405 e. The van der Waals surface area contributed by atoms with Crippen molar-refractivity contribution in [3.8, 4) is 0 Å². The van der Waals surface area contributed by atoms with Crippen molar-refractivity contribution in [3.63, 3.8) is 0 Å². The summed E-state index contributed by atoms with van der Waals surface area (Å²) in [6.07, 6.45) is -4.38. The maximum atomic E-state index is 12.0. The lowest BCUT2D eigenvalue weighted by molar-refractivity contribution is -0.139. The Bertz CT molecular complexity index is 535. The van der Waals surface area contributed by atoms with Crippen LogP contribution in [0.15, 0.2) is 24.3 Å². The summed E-state index contributed by atoms with van der Waals surface area (Å²) in [5.41, 5.74) is 0.579. The summed E-state index contributed by atoms with van der Waals surface area (Å²) >= 11 is 5.72. The van der Waals surface area contributed by atoms with E-state index in [0.29, 0.717) is 10.7 Å². The van der Waals surface area contributed by atoms with E-state index in [4.69, 9.17) is 11.6 Å². The van der Waals surface area contributed by atoms with Gasteiger partial charge in [-0.05, 0) is 31.2 Å². The first-order valence-electron chi connectivity index (χ1n) is 6.80. The number of nitrogens with one attached hydrogen (secondary N) is 3. The molecule has 0 saturated carbocycles. The molecule has 1 atom stereocenters. The molecule has 0 saturated heterocycles. The number of hydrogen-bond acceptors (Lipinski definition) is 3. The zero-order valence-electron chi connectivity index (χ0n) is 12.3. The largest absolute Gasteiger partial charge is 0.405 e. The van der Waals surface area contributed by atoms with Crippen LogP contribution >= 0.6 is 11.6 Å². The molecule has 0 bridgehead atoms. The van der Waals surface area contributed by atoms with Crippen LogP contribution in [0.4, 0.5) is 18.9 Å². The third-order valence-corrected chi connectivity index (χ3v) is 3.04. The first-order valence-corrected chi connectivity index (χ1v) is 7.18. The minimum absolute atomic E-state index is 0.0690. The van der Waals surface area contributed by atoms with E-state index in [-0.39, 0.29) is 18.9 Å². The Balaban J connectivity index is 2.25. The molecular weight excluding hydrogens is 335 g/mol. The van der Waals surface area contributed by atoms with E-state index in [1.165, 1.54) is 6.92 Å². The Morgan fingerprint density at radius 2 is 1.83 bits per heavy atom. The molecule has 23 heavy (non-hydrogen) atoms. The number of benzene rings is 1. The van der Waals surface area contributed by atoms with Crippen molar-refractivity contribution in [1.82, 2.24) is 10.6 Å². The highest BCUT2D eigenvalue weighted by molar-refractivity contribution is 6.30. The molecule has 2 amide bonds. The second-order valence-corrected chi connectivity index (χ2v) is 5.25. The minimum atomic E-state index is -4.45. The topological polar surface area (TPSA) is 70.2 Å². The third-order valence-electron chi connectivity index (χ3n) is 2.79. The number of rotatable bonds is 7. The summed E-state index contributed by atoms with van der Waals surface area (Å²) in [4.78, 5) is 23.1. The second-order valence-electron chi connectivity index (χ2n) is 4.81. The fourth-order valence-corrected chi connectivity index (χ4v) is 1.72. The van der Waals surface area contributed by atoms with E-state index < -0.39 is 24.7 Å². The van der Waals surface area contributed by atoms with Crippen molar-refractivity contribution in [2.24, 2.45) is 0 Å². The molecule has 0 fully saturated rings. The molecule has 0 aliphatic heterocycles. The Labute approximate surface area is 136 Å². The first-order chi connectivity index (χ1) is 10.7. The number of carbonyl (C=O) groups is 2. The normalized spacial score (nSPS) is 12.6. The van der Waals surface area contributed by atoms with Crippen LogP contribution in [0.3, 0.4) is 0 Å². The van der Waals surface area contributed by atoms with Crippen molar-refractivity contribution in [2.75, 3.05) is 18.4 Å². The summed E-state index contributed by atoms with van der Waals surface area (Å²) in [6, 6.07) is 5.70. The quantitative estimate of drug-likeness (QED) is 0.706. The van der Waals surface area contributed by atoms with Gasteiger partial charge in [0.1, 0.15) is 6.54 Å². The molecule has 0 heterocycles. The van der Waals surface area contributed by atoms with E-state index >= 15 is 0 Å². The molecule has 128 valence electrons. The summed E-state index contributed by atoms with van der Waals surface area (Å²) in [7, 11) is 0. The summed E-state index contributed by atoms with van der Waals surface area (Å²) in [5, 5.41) is 7.62. The molecule has 0 spiro atoms. The van der Waals surface area contributed by atoms with Gasteiger partial charge in [0.15, 0.2) is 0 Å². The van der Waals surface area contributed by atoms with Crippen molar-refractivity contribution in [1.29, 1.82) is 0 Å². The molecule has 5 nitrogen and oxygen atoms in total. The van der Waals surface area contributed by atoms with Crippen LogP contribution in [-0.2, 0) is 9.59 Å². The van der Waals surface area contributed by atoms with Gasteiger partial charge in [-0.15, -0.1) is 0 Å². The van der Waals surface area contributed by atoms with Crippen molar-refractivity contribution < 1.29 is 22.8 Å². The lowest BCUT2D eigenvalue weighted by Crippen LogP contribution is -2.45. The van der Waals surface area contributed by atoms with Crippen LogP contribution in [0.2, 0.25) is 5.02 Å². The number of alkyl halides is 3. The van der Waals surface area contributed by atoms with E-state index in [9.17, 15) is 22.8 Å². The Hall–Kier alpha value is -1.80. The lowest BCUT2D eigenvalue weighted by Gasteiger charge is -2.15. The van der Waals surface area contributed by atoms with Gasteiger partial charge in [-0.1, -0.05) is 11.6 Å². The van der Waals surface area contributed by atoms with Gasteiger partial charge in [0.25, 0.3) is 0 Å². The van der Waals surface area contributed by atoms with E-state index in [1.807, 2.05) is 0 Å². The molecular formula is C14H17ClF3N3O2. The summed E-state index contributed by atoms with van der Waals surface area (Å²) in [5.74, 6) is -1.07. The Kier molecular flexibility index (Phi) is 7.31. The summed E-state index contributed by atoms with van der Waals surface area (Å²) in [6.45, 7) is 0.192. The van der Waals surface area contributed by atoms with Crippen LogP contribution < -0.4 is 16.0 Å². The fraction of sp³-hybridized carbons (Fsp3) is 0.429. The average Bonchev–Trinajstić information content (AvgIpc) is 2.46. The van der Waals surface area contributed by atoms with Gasteiger partial charge in [-0.2, -0.15) is 13.2 Å². The van der Waals surface area contributed by atoms with Crippen molar-refractivity contribution in [2.45, 2.75) is 25.6 Å². The number of carbonyl (C=O) groups excluding carboxylic acids is 2. The predicted octanol–water partition coefficient (Wildman–Crippen LogP) is 2.33. The highest BCUT2D eigenvalue weighted by Crippen LogP contribution is 2.13. The smallest absolute Gasteiger partial charge is 0.346 e. The van der Waals surface area contributed by atoms with Crippen molar-refractivity contribution in [3.05, 3.63) is 29.3 Å². The highest BCUT2D eigenvalue weighted by Gasteiger charge is 2.28. The van der Waals surface area contributed by atoms with E-state index in [2.05, 4.69) is 10.6 Å². The molecule has 1 aromatic rings. The average molecular weight is 352 g/mol. The summed E-state index contributed by atoms with van der Waals surface area (Å²) < 4.78 is 35.9. The van der Waals surface area contributed by atoms with Gasteiger partial charge in [-0.25, -0.2) is 0 Å². The first kappa shape index (κ1) is 19.2. The zero-order valence-corrected chi connectivity index (χ0v) is 13.1. The van der Waals surface area contributed by atoms with Crippen molar-refractivity contribution >= 4 is 29.1 Å². The van der Waals surface area contributed by atoms with Gasteiger partial charge < -0.3 is 16.0 Å². The van der Waals surface area contributed by atoms with E-state index in [1.54, 1.807) is 29.6 Å². The third kappa shape index (κ3) is 8.41. The van der Waals surface area contributed by atoms with E-state index in [0.717, 1.165) is 0 Å². The molecule has 1 unspecified atom stereocenters. The maximum absolute atomic E-state index is 12.0. The molecule has 0 aromatic heterocycles. The zero-order chi connectivity index (χ0) is 17.5. The monoisotopic (exact) mass is 351 g/mol. The van der Waals surface area contributed by atoms with Gasteiger partial charge in [-0.3, -0.25) is 9.59 Å². The van der Waals surface area contributed by atoms with Crippen LogP contribution in [0.25, 0.3) is 0 Å². The molecule has 0 aliphatic carbocycles. The molecule has 3 N–H and O–H groups in total. The van der Waals surface area contributed by atoms with Gasteiger partial charge >= 0.3 is 6.18 Å². The Morgan fingerprint density at radius 1 is 1.22 bits per heavy atom. The molecule has 9 heteroatoms. The number of amides is 2. The molecule has 1 aromatic carbocycles. The predicted molar refractivity (Wildman–Crippen MR) is 81.2 cm³/mol. The standard InChI is InChI=1S/C14H17ClF3N3O2/c1-9(13(23)20-8-14(16,17)18)19-7-6-12(22)21-11-4-2-10(15)3-5-11/h2-5,9,19H,6-8H2,1H3,(H,20,23)(H,21,22).